The molecule has 3 aromatic rings. The summed E-state index contributed by atoms with van der Waals surface area (Å²) in [5.41, 5.74) is 4.56. The fourth-order valence-corrected chi connectivity index (χ4v) is 3.08. The standard InChI is InChI=1S/C12H9IN2S/c1-7-3-2-4-9-11(7)15-12(14-9)8-5-10(13)16-6-8/h2-6H,1H3,(H,14,15). The van der Waals surface area contributed by atoms with Crippen molar-refractivity contribution in [2.24, 2.45) is 0 Å². The molecular weight excluding hydrogens is 331 g/mol. The Balaban J connectivity index is 2.22. The van der Waals surface area contributed by atoms with Crippen LogP contribution in [0.2, 0.25) is 0 Å². The number of hydrogen-bond acceptors (Lipinski definition) is 2. The number of benzene rings is 1. The van der Waals surface area contributed by atoms with Gasteiger partial charge in [0, 0.05) is 10.9 Å². The first-order chi connectivity index (χ1) is 7.74. The number of thiophene rings is 1. The number of aryl methyl sites for hydroxylation is 1. The maximum atomic E-state index is 4.64. The van der Waals surface area contributed by atoms with Crippen molar-refractivity contribution >= 4 is 45.0 Å². The van der Waals surface area contributed by atoms with Crippen LogP contribution in [0.5, 0.6) is 0 Å². The Morgan fingerprint density at radius 1 is 1.38 bits per heavy atom. The van der Waals surface area contributed by atoms with Crippen LogP contribution in [0.3, 0.4) is 0 Å². The SMILES string of the molecule is Cc1cccc2[nH]c(-c3csc(I)c3)nc12. The number of imidazole rings is 1. The van der Waals surface area contributed by atoms with E-state index in [9.17, 15) is 0 Å². The number of aromatic amines is 1. The fraction of sp³-hybridized carbons (Fsp3) is 0.0833. The Hall–Kier alpha value is -0.880. The molecule has 1 aromatic carbocycles. The van der Waals surface area contributed by atoms with Crippen LogP contribution >= 0.6 is 33.9 Å². The van der Waals surface area contributed by atoms with Crippen LogP contribution in [0.1, 0.15) is 5.56 Å². The number of H-pyrrole nitrogens is 1. The molecule has 0 aliphatic carbocycles. The summed E-state index contributed by atoms with van der Waals surface area (Å²) in [6, 6.07) is 8.36. The maximum Gasteiger partial charge on any atom is 0.139 e. The third-order valence-corrected chi connectivity index (χ3v) is 4.34. The lowest BCUT2D eigenvalue weighted by molar-refractivity contribution is 1.34. The molecule has 2 heterocycles. The molecule has 2 nitrogen and oxygen atoms in total. The Bertz CT molecular complexity index is 654. The maximum absolute atomic E-state index is 4.64. The predicted octanol–water partition coefficient (Wildman–Crippen LogP) is 4.20. The van der Waals surface area contributed by atoms with Crippen molar-refractivity contribution in [1.29, 1.82) is 0 Å². The molecule has 3 rings (SSSR count). The average molecular weight is 340 g/mol. The second kappa shape index (κ2) is 3.85. The van der Waals surface area contributed by atoms with Crippen molar-refractivity contribution in [2.45, 2.75) is 6.92 Å². The van der Waals surface area contributed by atoms with E-state index in [0.29, 0.717) is 0 Å². The predicted molar refractivity (Wildman–Crippen MR) is 76.9 cm³/mol. The monoisotopic (exact) mass is 340 g/mol. The van der Waals surface area contributed by atoms with E-state index in [1.165, 1.54) is 14.0 Å². The lowest BCUT2D eigenvalue weighted by Gasteiger charge is -1.90. The molecule has 0 aliphatic rings. The normalized spacial score (nSPS) is 11.1. The summed E-state index contributed by atoms with van der Waals surface area (Å²) in [6.07, 6.45) is 0. The van der Waals surface area contributed by atoms with Gasteiger partial charge in [0.2, 0.25) is 0 Å². The van der Waals surface area contributed by atoms with Crippen LogP contribution in [0, 0.1) is 9.81 Å². The van der Waals surface area contributed by atoms with E-state index in [1.54, 1.807) is 11.3 Å². The number of halogens is 1. The summed E-state index contributed by atoms with van der Waals surface area (Å²) in [5.74, 6) is 0.962. The Morgan fingerprint density at radius 3 is 2.94 bits per heavy atom. The molecule has 1 N–H and O–H groups in total. The summed E-state index contributed by atoms with van der Waals surface area (Å²) in [5, 5.41) is 2.13. The Kier molecular flexibility index (Phi) is 2.48. The smallest absolute Gasteiger partial charge is 0.139 e. The van der Waals surface area contributed by atoms with Crippen LogP contribution in [0.25, 0.3) is 22.4 Å². The van der Waals surface area contributed by atoms with Crippen LogP contribution in [-0.4, -0.2) is 9.97 Å². The van der Waals surface area contributed by atoms with Gasteiger partial charge in [0.15, 0.2) is 0 Å². The number of nitrogens with one attached hydrogen (secondary N) is 1. The molecule has 0 saturated heterocycles. The van der Waals surface area contributed by atoms with Gasteiger partial charge in [-0.3, -0.25) is 0 Å². The number of nitrogens with zero attached hydrogens (tertiary/aromatic N) is 1. The van der Waals surface area contributed by atoms with E-state index in [-0.39, 0.29) is 0 Å². The van der Waals surface area contributed by atoms with Gasteiger partial charge in [-0.2, -0.15) is 0 Å². The fourth-order valence-electron chi connectivity index (χ4n) is 1.75. The summed E-state index contributed by atoms with van der Waals surface area (Å²) in [4.78, 5) is 8.00. The molecule has 0 spiro atoms. The molecule has 0 fully saturated rings. The van der Waals surface area contributed by atoms with Crippen molar-refractivity contribution in [3.8, 4) is 11.4 Å². The van der Waals surface area contributed by atoms with Gasteiger partial charge in [0.1, 0.15) is 5.82 Å². The van der Waals surface area contributed by atoms with Crippen LogP contribution in [-0.2, 0) is 0 Å². The van der Waals surface area contributed by atoms with E-state index >= 15 is 0 Å². The van der Waals surface area contributed by atoms with Crippen molar-refractivity contribution in [3.05, 3.63) is 38.1 Å². The summed E-state index contributed by atoms with van der Waals surface area (Å²) >= 11 is 4.07. The molecule has 0 bridgehead atoms. The molecular formula is C12H9IN2S. The first-order valence-electron chi connectivity index (χ1n) is 4.94. The van der Waals surface area contributed by atoms with Crippen LogP contribution < -0.4 is 0 Å². The largest absolute Gasteiger partial charge is 0.338 e. The van der Waals surface area contributed by atoms with Gasteiger partial charge in [0.25, 0.3) is 0 Å². The van der Waals surface area contributed by atoms with Crippen molar-refractivity contribution < 1.29 is 0 Å². The Labute approximate surface area is 111 Å². The number of rotatable bonds is 1. The average Bonchev–Trinajstić information content (AvgIpc) is 2.84. The van der Waals surface area contributed by atoms with Crippen LogP contribution in [0.15, 0.2) is 29.6 Å². The van der Waals surface area contributed by atoms with Crippen LogP contribution in [0.4, 0.5) is 0 Å². The molecule has 0 radical (unpaired) electrons. The van der Waals surface area contributed by atoms with E-state index in [0.717, 1.165) is 16.9 Å². The van der Waals surface area contributed by atoms with E-state index < -0.39 is 0 Å². The second-order valence-corrected chi connectivity index (χ2v) is 6.50. The summed E-state index contributed by atoms with van der Waals surface area (Å²) < 4.78 is 1.28. The van der Waals surface area contributed by atoms with Gasteiger partial charge >= 0.3 is 0 Å². The molecule has 0 unspecified atom stereocenters. The zero-order chi connectivity index (χ0) is 11.1. The van der Waals surface area contributed by atoms with Gasteiger partial charge in [0.05, 0.1) is 13.9 Å². The Morgan fingerprint density at radius 2 is 2.25 bits per heavy atom. The highest BCUT2D eigenvalue weighted by molar-refractivity contribution is 14.1. The van der Waals surface area contributed by atoms with Crippen molar-refractivity contribution in [3.63, 3.8) is 0 Å². The summed E-state index contributed by atoms with van der Waals surface area (Å²) in [7, 11) is 0. The highest BCUT2D eigenvalue weighted by Gasteiger charge is 2.07. The molecule has 2 aromatic heterocycles. The highest BCUT2D eigenvalue weighted by Crippen LogP contribution is 2.27. The first-order valence-corrected chi connectivity index (χ1v) is 6.89. The zero-order valence-electron chi connectivity index (χ0n) is 8.62. The zero-order valence-corrected chi connectivity index (χ0v) is 11.6. The molecule has 80 valence electrons. The lowest BCUT2D eigenvalue weighted by Crippen LogP contribution is -1.75. The number of para-hydroxylation sites is 1. The lowest BCUT2D eigenvalue weighted by atomic mass is 10.2. The van der Waals surface area contributed by atoms with Crippen molar-refractivity contribution in [1.82, 2.24) is 9.97 Å². The second-order valence-electron chi connectivity index (χ2n) is 3.70. The topological polar surface area (TPSA) is 28.7 Å². The summed E-state index contributed by atoms with van der Waals surface area (Å²) in [6.45, 7) is 2.09. The quantitative estimate of drug-likeness (QED) is 0.661. The number of hydrogen-bond donors (Lipinski definition) is 1. The minimum atomic E-state index is 0.962. The van der Waals surface area contributed by atoms with E-state index in [1.807, 2.05) is 0 Å². The van der Waals surface area contributed by atoms with E-state index in [4.69, 9.17) is 0 Å². The number of fused-ring (bicyclic) bond motifs is 1. The van der Waals surface area contributed by atoms with Crippen molar-refractivity contribution in [2.75, 3.05) is 0 Å². The van der Waals surface area contributed by atoms with Gasteiger partial charge in [-0.1, -0.05) is 12.1 Å². The van der Waals surface area contributed by atoms with Gasteiger partial charge in [-0.25, -0.2) is 4.98 Å². The molecule has 16 heavy (non-hydrogen) atoms. The molecule has 0 atom stereocenters. The van der Waals surface area contributed by atoms with Gasteiger partial charge in [-0.15, -0.1) is 11.3 Å². The molecule has 4 heteroatoms. The molecule has 0 amide bonds. The van der Waals surface area contributed by atoms with Gasteiger partial charge in [-0.05, 0) is 47.2 Å². The molecule has 0 saturated carbocycles. The minimum absolute atomic E-state index is 0.962. The first kappa shape index (κ1) is 10.3. The highest BCUT2D eigenvalue weighted by atomic mass is 127. The number of aromatic nitrogens is 2. The van der Waals surface area contributed by atoms with E-state index in [2.05, 4.69) is 69.1 Å². The third kappa shape index (κ3) is 1.66. The molecule has 0 aliphatic heterocycles. The third-order valence-electron chi connectivity index (χ3n) is 2.56. The van der Waals surface area contributed by atoms with Gasteiger partial charge < -0.3 is 4.98 Å². The minimum Gasteiger partial charge on any atom is -0.338 e.